The fraction of sp³-hybridized carbons (Fsp3) is 0.250. The lowest BCUT2D eigenvalue weighted by Crippen LogP contribution is -2.28. The second-order valence-electron chi connectivity index (χ2n) is 6.31. The van der Waals surface area contributed by atoms with Crippen molar-refractivity contribution >= 4 is 12.1 Å². The lowest BCUT2D eigenvalue weighted by Gasteiger charge is -2.23. The highest BCUT2D eigenvalue weighted by Crippen LogP contribution is 2.30. The molecule has 29 heavy (non-hydrogen) atoms. The van der Waals surface area contributed by atoms with E-state index >= 15 is 0 Å². The molecule has 0 N–H and O–H groups in total. The van der Waals surface area contributed by atoms with E-state index in [1.54, 1.807) is 0 Å². The third-order valence-electron chi connectivity index (χ3n) is 4.23. The summed E-state index contributed by atoms with van der Waals surface area (Å²) in [4.78, 5) is 20.4. The molecule has 0 bridgehead atoms. The van der Waals surface area contributed by atoms with Crippen molar-refractivity contribution < 1.29 is 18.3 Å². The molecule has 1 amide bonds. The van der Waals surface area contributed by atoms with Gasteiger partial charge in [0, 0.05) is 24.3 Å². The van der Waals surface area contributed by atoms with Crippen LogP contribution in [0.2, 0.25) is 0 Å². The van der Waals surface area contributed by atoms with E-state index in [9.17, 15) is 13.6 Å². The van der Waals surface area contributed by atoms with Gasteiger partial charge in [-0.15, -0.1) is 0 Å². The molecule has 0 fully saturated rings. The van der Waals surface area contributed by atoms with Crippen molar-refractivity contribution in [3.63, 3.8) is 0 Å². The second kappa shape index (κ2) is 9.01. The molecule has 9 heteroatoms. The van der Waals surface area contributed by atoms with E-state index in [0.717, 1.165) is 6.07 Å². The van der Waals surface area contributed by atoms with Crippen molar-refractivity contribution in [2.45, 2.75) is 25.3 Å². The van der Waals surface area contributed by atoms with Crippen LogP contribution in [-0.2, 0) is 4.79 Å². The van der Waals surface area contributed by atoms with E-state index in [4.69, 9.17) is 10.00 Å². The normalized spacial score (nSPS) is 15.2. The average Bonchev–Trinajstić information content (AvgIpc) is 3.20. The Balaban J connectivity index is 1.52. The van der Waals surface area contributed by atoms with E-state index in [1.807, 2.05) is 6.07 Å². The van der Waals surface area contributed by atoms with Crippen molar-refractivity contribution in [1.29, 1.82) is 5.26 Å². The summed E-state index contributed by atoms with van der Waals surface area (Å²) in [6.45, 7) is 4.07. The van der Waals surface area contributed by atoms with Crippen molar-refractivity contribution in [3.8, 4) is 11.9 Å². The number of aromatic nitrogens is 2. The van der Waals surface area contributed by atoms with Gasteiger partial charge in [-0.05, 0) is 30.5 Å². The molecule has 1 aliphatic rings. The van der Waals surface area contributed by atoms with Gasteiger partial charge in [-0.1, -0.05) is 6.58 Å². The average molecular weight is 397 g/mol. The Bertz CT molecular complexity index is 965. The molecule has 0 saturated heterocycles. The maximum atomic E-state index is 13.5. The van der Waals surface area contributed by atoms with Gasteiger partial charge in [-0.2, -0.15) is 10.4 Å². The SMILES string of the molecule is C=C(CCCOc1cnc(C#N)cn1)C(=O)N1N=CC[C@H]1c1cc(F)cc(F)c1. The zero-order valence-electron chi connectivity index (χ0n) is 15.4. The number of rotatable bonds is 7. The number of amides is 1. The number of carbonyl (C=O) groups is 1. The van der Waals surface area contributed by atoms with E-state index in [-0.39, 0.29) is 18.2 Å². The Labute approximate surface area is 166 Å². The molecule has 0 radical (unpaired) electrons. The minimum atomic E-state index is -0.707. The monoisotopic (exact) mass is 397 g/mol. The summed E-state index contributed by atoms with van der Waals surface area (Å²) in [5.74, 6) is -1.55. The van der Waals surface area contributed by atoms with Crippen LogP contribution in [-0.4, -0.2) is 33.7 Å². The quantitative estimate of drug-likeness (QED) is 0.528. The second-order valence-corrected chi connectivity index (χ2v) is 6.31. The molecule has 0 unspecified atom stereocenters. The number of hydrogen-bond donors (Lipinski definition) is 0. The number of benzene rings is 1. The number of hydrogen-bond acceptors (Lipinski definition) is 6. The highest BCUT2D eigenvalue weighted by Gasteiger charge is 2.30. The summed E-state index contributed by atoms with van der Waals surface area (Å²) in [5, 5.41) is 13.9. The number of nitrogens with zero attached hydrogens (tertiary/aromatic N) is 5. The smallest absolute Gasteiger partial charge is 0.269 e. The van der Waals surface area contributed by atoms with E-state index in [0.29, 0.717) is 30.4 Å². The number of halogens is 2. The molecule has 2 aromatic rings. The van der Waals surface area contributed by atoms with Crippen LogP contribution >= 0.6 is 0 Å². The number of ether oxygens (including phenoxy) is 1. The molecule has 0 saturated carbocycles. The summed E-state index contributed by atoms with van der Waals surface area (Å²) in [6.07, 6.45) is 5.38. The third-order valence-corrected chi connectivity index (χ3v) is 4.23. The first-order chi connectivity index (χ1) is 14.0. The summed E-state index contributed by atoms with van der Waals surface area (Å²) >= 11 is 0. The highest BCUT2D eigenvalue weighted by atomic mass is 19.1. The zero-order valence-corrected chi connectivity index (χ0v) is 15.4. The molecular weight excluding hydrogens is 380 g/mol. The van der Waals surface area contributed by atoms with Crippen LogP contribution < -0.4 is 4.74 Å². The fourth-order valence-corrected chi connectivity index (χ4v) is 2.83. The van der Waals surface area contributed by atoms with E-state index in [1.165, 1.54) is 35.7 Å². The third kappa shape index (κ3) is 4.99. The van der Waals surface area contributed by atoms with Crippen molar-refractivity contribution in [3.05, 3.63) is 65.6 Å². The Morgan fingerprint density at radius 1 is 1.28 bits per heavy atom. The first kappa shape index (κ1) is 20.1. The largest absolute Gasteiger partial charge is 0.477 e. The fourth-order valence-electron chi connectivity index (χ4n) is 2.83. The standard InChI is InChI=1S/C20H17F2N5O2/c1-13(3-2-6-29-19-12-24-17(10-23)11-25-19)20(28)27-18(4-5-26-27)14-7-15(21)9-16(22)8-14/h5,7-9,11-12,18H,1-4,6H2/t18-/m0/s1. The first-order valence-corrected chi connectivity index (χ1v) is 8.82. The Kier molecular flexibility index (Phi) is 6.24. The predicted molar refractivity (Wildman–Crippen MR) is 99.7 cm³/mol. The van der Waals surface area contributed by atoms with Gasteiger partial charge < -0.3 is 4.74 Å². The van der Waals surface area contributed by atoms with Crippen LogP contribution in [0.3, 0.4) is 0 Å². The van der Waals surface area contributed by atoms with Crippen LogP contribution in [0.1, 0.15) is 36.6 Å². The van der Waals surface area contributed by atoms with Crippen LogP contribution in [0.25, 0.3) is 0 Å². The van der Waals surface area contributed by atoms with Crippen LogP contribution in [0, 0.1) is 23.0 Å². The number of carbonyl (C=O) groups excluding carboxylic acids is 1. The minimum absolute atomic E-state index is 0.190. The van der Waals surface area contributed by atoms with Gasteiger partial charge in [0.2, 0.25) is 5.88 Å². The molecular formula is C20H17F2N5O2. The number of nitriles is 1. The van der Waals surface area contributed by atoms with Crippen molar-refractivity contribution in [2.75, 3.05) is 6.61 Å². The Hall–Kier alpha value is -3.67. The van der Waals surface area contributed by atoms with Crippen LogP contribution in [0.4, 0.5) is 8.78 Å². The van der Waals surface area contributed by atoms with Crippen LogP contribution in [0.15, 0.2) is 47.8 Å². The molecule has 3 rings (SSSR count). The Morgan fingerprint density at radius 3 is 2.69 bits per heavy atom. The summed E-state index contributed by atoms with van der Waals surface area (Å²) in [7, 11) is 0. The lowest BCUT2D eigenvalue weighted by atomic mass is 10.0. The summed E-state index contributed by atoms with van der Waals surface area (Å²) < 4.78 is 32.4. The molecule has 1 aromatic carbocycles. The molecule has 2 heterocycles. The molecule has 148 valence electrons. The maximum absolute atomic E-state index is 13.5. The maximum Gasteiger partial charge on any atom is 0.269 e. The van der Waals surface area contributed by atoms with Crippen molar-refractivity contribution in [2.24, 2.45) is 5.10 Å². The van der Waals surface area contributed by atoms with E-state index < -0.39 is 23.6 Å². The molecule has 1 atom stereocenters. The van der Waals surface area contributed by atoms with Gasteiger partial charge in [0.25, 0.3) is 5.91 Å². The summed E-state index contributed by atoms with van der Waals surface area (Å²) in [5.41, 5.74) is 0.833. The molecule has 7 nitrogen and oxygen atoms in total. The van der Waals surface area contributed by atoms with Gasteiger partial charge >= 0.3 is 0 Å². The minimum Gasteiger partial charge on any atom is -0.477 e. The molecule has 0 spiro atoms. The Morgan fingerprint density at radius 2 is 2.03 bits per heavy atom. The van der Waals surface area contributed by atoms with Crippen molar-refractivity contribution in [1.82, 2.24) is 15.0 Å². The summed E-state index contributed by atoms with van der Waals surface area (Å²) in [6, 6.07) is 4.45. The molecule has 1 aliphatic heterocycles. The van der Waals surface area contributed by atoms with E-state index in [2.05, 4.69) is 21.6 Å². The van der Waals surface area contributed by atoms with Gasteiger partial charge in [-0.25, -0.2) is 23.8 Å². The highest BCUT2D eigenvalue weighted by molar-refractivity contribution is 5.94. The van der Waals surface area contributed by atoms with Crippen LogP contribution in [0.5, 0.6) is 5.88 Å². The molecule has 1 aromatic heterocycles. The zero-order chi connectivity index (χ0) is 20.8. The molecule has 0 aliphatic carbocycles. The first-order valence-electron chi connectivity index (χ1n) is 8.82. The number of hydrazone groups is 1. The lowest BCUT2D eigenvalue weighted by molar-refractivity contribution is -0.129. The van der Waals surface area contributed by atoms with Gasteiger partial charge in [0.15, 0.2) is 5.69 Å². The predicted octanol–water partition coefficient (Wildman–Crippen LogP) is 3.30. The van der Waals surface area contributed by atoms with Gasteiger partial charge in [0.1, 0.15) is 17.7 Å². The van der Waals surface area contributed by atoms with Gasteiger partial charge in [0.05, 0.1) is 25.0 Å². The topological polar surface area (TPSA) is 91.5 Å². The van der Waals surface area contributed by atoms with Gasteiger partial charge in [-0.3, -0.25) is 4.79 Å².